The molecule has 0 saturated heterocycles. The summed E-state index contributed by atoms with van der Waals surface area (Å²) in [5, 5.41) is 15.5. The van der Waals surface area contributed by atoms with Crippen LogP contribution < -0.4 is 10.2 Å². The van der Waals surface area contributed by atoms with E-state index in [0.29, 0.717) is 17.2 Å². The Labute approximate surface area is 196 Å². The maximum absolute atomic E-state index is 14.2. The molecule has 0 radical (unpaired) electrons. The van der Waals surface area contributed by atoms with Gasteiger partial charge in [0.25, 0.3) is 0 Å². The fraction of sp³-hybridized carbons (Fsp3) is 0.0909. The van der Waals surface area contributed by atoms with E-state index in [4.69, 9.17) is 0 Å². The number of aromatic nitrogens is 5. The Morgan fingerprint density at radius 1 is 1.15 bits per heavy atom. The number of tetrazole rings is 1. The van der Waals surface area contributed by atoms with E-state index in [2.05, 4.69) is 25.8 Å². The van der Waals surface area contributed by atoms with Crippen molar-refractivity contribution in [3.8, 4) is 5.69 Å². The van der Waals surface area contributed by atoms with E-state index in [9.17, 15) is 18.4 Å². The monoisotopic (exact) mass is 481 g/mol. The van der Waals surface area contributed by atoms with Gasteiger partial charge in [-0.1, -0.05) is 12.1 Å². The first-order chi connectivity index (χ1) is 16.3. The summed E-state index contributed by atoms with van der Waals surface area (Å²) in [6.07, 6.45) is 2.58. The van der Waals surface area contributed by atoms with E-state index < -0.39 is 23.4 Å². The highest BCUT2D eigenvalue weighted by atomic mass is 32.1. The summed E-state index contributed by atoms with van der Waals surface area (Å²) in [5.41, 5.74) is 0.871. The lowest BCUT2D eigenvalue weighted by molar-refractivity contribution is -0.116. The molecule has 0 aliphatic carbocycles. The minimum absolute atomic E-state index is 0.0525. The molecule has 1 N–H and O–H groups in total. The highest BCUT2D eigenvalue weighted by molar-refractivity contribution is 7.14. The third kappa shape index (κ3) is 4.86. The van der Waals surface area contributed by atoms with E-state index in [-0.39, 0.29) is 16.5 Å². The molecule has 2 heterocycles. The topological polar surface area (TPSA) is 106 Å². The lowest BCUT2D eigenvalue weighted by Crippen LogP contribution is -2.23. The number of anilines is 3. The Kier molecular flexibility index (Phi) is 6.50. The number of amides is 2. The summed E-state index contributed by atoms with van der Waals surface area (Å²) >= 11 is 1.11. The normalized spacial score (nSPS) is 11.1. The van der Waals surface area contributed by atoms with Gasteiger partial charge in [-0.2, -0.15) is 4.68 Å². The number of halogens is 2. The molecule has 0 bridgehead atoms. The minimum Gasteiger partial charge on any atom is -0.320 e. The molecular formula is C22H17F2N7O2S. The molecule has 0 aliphatic rings. The van der Waals surface area contributed by atoms with Gasteiger partial charge in [0.05, 0.1) is 22.8 Å². The first-order valence-corrected chi connectivity index (χ1v) is 10.8. The Morgan fingerprint density at radius 2 is 1.94 bits per heavy atom. The summed E-state index contributed by atoms with van der Waals surface area (Å²) in [6.45, 7) is 2.99. The Bertz CT molecular complexity index is 1400. The van der Waals surface area contributed by atoms with Crippen LogP contribution in [0.2, 0.25) is 0 Å². The van der Waals surface area contributed by atoms with Crippen LogP contribution in [-0.4, -0.2) is 37.0 Å². The predicted molar refractivity (Wildman–Crippen MR) is 123 cm³/mol. The highest BCUT2D eigenvalue weighted by Gasteiger charge is 2.20. The average Bonchev–Trinajstić information content (AvgIpc) is 3.44. The Morgan fingerprint density at radius 3 is 2.65 bits per heavy atom. The summed E-state index contributed by atoms with van der Waals surface area (Å²) in [6, 6.07) is 9.94. The molecule has 34 heavy (non-hydrogen) atoms. The number of nitrogens with zero attached hydrogens (tertiary/aromatic N) is 6. The molecule has 9 nitrogen and oxygen atoms in total. The van der Waals surface area contributed by atoms with Gasteiger partial charge in [-0.15, -0.1) is 16.4 Å². The summed E-state index contributed by atoms with van der Waals surface area (Å²) in [4.78, 5) is 29.9. The van der Waals surface area contributed by atoms with Crippen molar-refractivity contribution in [2.45, 2.75) is 13.8 Å². The summed E-state index contributed by atoms with van der Waals surface area (Å²) in [7, 11) is 0. The van der Waals surface area contributed by atoms with Crippen molar-refractivity contribution in [2.75, 3.05) is 10.2 Å². The SMILES string of the molecule is CC(=O)N(c1nc(/C=C/C(=O)Nc2cc(-n3nnnc3C)ccc2F)cs1)c1ccccc1F. The Hall–Kier alpha value is -4.32. The van der Waals surface area contributed by atoms with Crippen LogP contribution in [0.25, 0.3) is 11.8 Å². The van der Waals surface area contributed by atoms with Gasteiger partial charge in [0.2, 0.25) is 11.8 Å². The van der Waals surface area contributed by atoms with Gasteiger partial charge >= 0.3 is 0 Å². The molecule has 2 aromatic carbocycles. The highest BCUT2D eigenvalue weighted by Crippen LogP contribution is 2.31. The molecule has 0 saturated carbocycles. The van der Waals surface area contributed by atoms with Crippen molar-refractivity contribution in [1.29, 1.82) is 0 Å². The number of rotatable bonds is 6. The Balaban J connectivity index is 1.50. The smallest absolute Gasteiger partial charge is 0.248 e. The molecule has 0 spiro atoms. The molecule has 0 unspecified atom stereocenters. The predicted octanol–water partition coefficient (Wildman–Crippen LogP) is 4.04. The number of para-hydroxylation sites is 1. The van der Waals surface area contributed by atoms with Crippen molar-refractivity contribution in [3.63, 3.8) is 0 Å². The zero-order chi connectivity index (χ0) is 24.2. The fourth-order valence-electron chi connectivity index (χ4n) is 3.04. The van der Waals surface area contributed by atoms with Gasteiger partial charge in [0.1, 0.15) is 11.6 Å². The van der Waals surface area contributed by atoms with Gasteiger partial charge in [0, 0.05) is 18.4 Å². The second kappa shape index (κ2) is 9.67. The number of carbonyl (C=O) groups excluding carboxylic acids is 2. The number of hydrogen-bond donors (Lipinski definition) is 1. The van der Waals surface area contributed by atoms with E-state index in [1.54, 1.807) is 18.4 Å². The molecule has 12 heteroatoms. The third-order valence-corrected chi connectivity index (χ3v) is 5.44. The van der Waals surface area contributed by atoms with Gasteiger partial charge in [-0.25, -0.2) is 13.8 Å². The lowest BCUT2D eigenvalue weighted by Gasteiger charge is -2.18. The molecule has 0 fully saturated rings. The van der Waals surface area contributed by atoms with Crippen molar-refractivity contribution >= 4 is 45.7 Å². The van der Waals surface area contributed by atoms with Gasteiger partial charge in [0.15, 0.2) is 11.0 Å². The van der Waals surface area contributed by atoms with Crippen LogP contribution in [-0.2, 0) is 9.59 Å². The number of aryl methyl sites for hydroxylation is 1. The third-order valence-electron chi connectivity index (χ3n) is 4.59. The number of thiazole rings is 1. The van der Waals surface area contributed by atoms with E-state index in [1.165, 1.54) is 60.2 Å². The number of hydrogen-bond acceptors (Lipinski definition) is 7. The first-order valence-electron chi connectivity index (χ1n) is 9.88. The van der Waals surface area contributed by atoms with E-state index in [0.717, 1.165) is 16.2 Å². The fourth-order valence-corrected chi connectivity index (χ4v) is 3.89. The van der Waals surface area contributed by atoms with Gasteiger partial charge < -0.3 is 5.32 Å². The number of carbonyl (C=O) groups is 2. The molecular weight excluding hydrogens is 464 g/mol. The molecule has 172 valence electrons. The molecule has 0 atom stereocenters. The van der Waals surface area contributed by atoms with Crippen LogP contribution >= 0.6 is 11.3 Å². The summed E-state index contributed by atoms with van der Waals surface area (Å²) in [5.74, 6) is -1.71. The lowest BCUT2D eigenvalue weighted by atomic mass is 10.2. The maximum atomic E-state index is 14.2. The standard InChI is InChI=1S/C22H17F2N7O2S/c1-13-27-28-29-31(13)16-8-9-17(23)19(11-16)26-21(33)10-7-15-12-34-22(25-15)30(14(2)32)20-6-4-3-5-18(20)24/h3-12H,1-2H3,(H,26,33)/b10-7+. The molecule has 2 amide bonds. The van der Waals surface area contributed by atoms with Crippen LogP contribution in [0.1, 0.15) is 18.4 Å². The largest absolute Gasteiger partial charge is 0.320 e. The van der Waals surface area contributed by atoms with Crippen molar-refractivity contribution < 1.29 is 18.4 Å². The van der Waals surface area contributed by atoms with Crippen molar-refractivity contribution in [2.24, 2.45) is 0 Å². The average molecular weight is 481 g/mol. The first kappa shape index (κ1) is 22.9. The second-order valence-electron chi connectivity index (χ2n) is 6.99. The zero-order valence-electron chi connectivity index (χ0n) is 17.9. The van der Waals surface area contributed by atoms with Crippen LogP contribution in [0.15, 0.2) is 53.9 Å². The van der Waals surface area contributed by atoms with Crippen LogP contribution in [0.4, 0.5) is 25.3 Å². The number of nitrogens with one attached hydrogen (secondary N) is 1. The van der Waals surface area contributed by atoms with Crippen LogP contribution in [0.3, 0.4) is 0 Å². The van der Waals surface area contributed by atoms with Crippen LogP contribution in [0, 0.1) is 18.6 Å². The maximum Gasteiger partial charge on any atom is 0.248 e. The quantitative estimate of drug-likeness (QED) is 0.417. The number of benzene rings is 2. The molecule has 2 aromatic heterocycles. The van der Waals surface area contributed by atoms with Gasteiger partial charge in [-0.3, -0.25) is 14.5 Å². The van der Waals surface area contributed by atoms with Crippen molar-refractivity contribution in [1.82, 2.24) is 25.2 Å². The minimum atomic E-state index is -0.630. The summed E-state index contributed by atoms with van der Waals surface area (Å²) < 4.78 is 29.8. The zero-order valence-corrected chi connectivity index (χ0v) is 18.8. The van der Waals surface area contributed by atoms with E-state index >= 15 is 0 Å². The second-order valence-corrected chi connectivity index (χ2v) is 7.82. The molecule has 4 aromatic rings. The van der Waals surface area contributed by atoms with Crippen LogP contribution in [0.5, 0.6) is 0 Å². The van der Waals surface area contributed by atoms with Crippen molar-refractivity contribution in [3.05, 3.63) is 77.1 Å². The van der Waals surface area contributed by atoms with E-state index in [1.807, 2.05) is 0 Å². The molecule has 0 aliphatic heterocycles. The molecule has 4 rings (SSSR count). The van der Waals surface area contributed by atoms with Gasteiger partial charge in [-0.05, 0) is 53.8 Å².